The molecule has 0 aliphatic heterocycles. The first-order chi connectivity index (χ1) is 10.9. The van der Waals surface area contributed by atoms with Crippen LogP contribution in [0.15, 0.2) is 30.5 Å². The molecule has 0 saturated heterocycles. The molecule has 6 nitrogen and oxygen atoms in total. The number of H-pyrrole nitrogens is 1. The van der Waals surface area contributed by atoms with E-state index in [1.807, 2.05) is 37.4 Å². The second-order valence-corrected chi connectivity index (χ2v) is 5.88. The molecule has 0 bridgehead atoms. The van der Waals surface area contributed by atoms with Gasteiger partial charge in [-0.2, -0.15) is 0 Å². The van der Waals surface area contributed by atoms with Crippen molar-refractivity contribution in [3.05, 3.63) is 36.0 Å². The molecule has 0 unspecified atom stereocenters. The number of para-hydroxylation sites is 1. The summed E-state index contributed by atoms with van der Waals surface area (Å²) in [5, 5.41) is 12.8. The minimum absolute atomic E-state index is 0.156. The van der Waals surface area contributed by atoms with Crippen molar-refractivity contribution < 1.29 is 14.7 Å². The summed E-state index contributed by atoms with van der Waals surface area (Å²) >= 11 is 0. The number of hydrogen-bond acceptors (Lipinski definition) is 3. The van der Waals surface area contributed by atoms with Gasteiger partial charge in [-0.05, 0) is 24.0 Å². The van der Waals surface area contributed by atoms with E-state index in [-0.39, 0.29) is 5.92 Å². The SMILES string of the molecule is CC[C@H](C)[C@H](NC(=O)[C@@H](N)Cc1c[nH]c2ccccc12)C(=O)O. The smallest absolute Gasteiger partial charge is 0.326 e. The maximum atomic E-state index is 12.2. The van der Waals surface area contributed by atoms with Crippen molar-refractivity contribution in [2.24, 2.45) is 11.7 Å². The van der Waals surface area contributed by atoms with Crippen LogP contribution in [-0.2, 0) is 16.0 Å². The Hall–Kier alpha value is -2.34. The molecule has 0 spiro atoms. The summed E-state index contributed by atoms with van der Waals surface area (Å²) in [5.41, 5.74) is 7.90. The number of fused-ring (bicyclic) bond motifs is 1. The Morgan fingerprint density at radius 3 is 2.70 bits per heavy atom. The normalized spacial score (nSPS) is 15.1. The minimum Gasteiger partial charge on any atom is -0.480 e. The molecule has 2 rings (SSSR count). The number of amides is 1. The van der Waals surface area contributed by atoms with E-state index in [1.165, 1.54) is 0 Å². The molecule has 1 aromatic carbocycles. The molecule has 1 heterocycles. The van der Waals surface area contributed by atoms with Crippen LogP contribution in [0.1, 0.15) is 25.8 Å². The Bertz CT molecular complexity index is 695. The van der Waals surface area contributed by atoms with Crippen LogP contribution >= 0.6 is 0 Å². The third kappa shape index (κ3) is 3.90. The third-order valence-corrected chi connectivity index (χ3v) is 4.23. The van der Waals surface area contributed by atoms with Gasteiger partial charge >= 0.3 is 5.97 Å². The highest BCUT2D eigenvalue weighted by atomic mass is 16.4. The number of carbonyl (C=O) groups is 2. The number of hydrogen-bond donors (Lipinski definition) is 4. The zero-order valence-electron chi connectivity index (χ0n) is 13.4. The van der Waals surface area contributed by atoms with Gasteiger partial charge in [-0.3, -0.25) is 4.79 Å². The molecule has 3 atom stereocenters. The number of nitrogens with one attached hydrogen (secondary N) is 2. The average Bonchev–Trinajstić information content (AvgIpc) is 2.94. The van der Waals surface area contributed by atoms with Gasteiger partial charge in [-0.25, -0.2) is 4.79 Å². The maximum absolute atomic E-state index is 12.2. The molecular weight excluding hydrogens is 294 g/mol. The van der Waals surface area contributed by atoms with Gasteiger partial charge in [0.15, 0.2) is 0 Å². The lowest BCUT2D eigenvalue weighted by atomic mass is 9.98. The Labute approximate surface area is 135 Å². The van der Waals surface area contributed by atoms with Crippen LogP contribution in [0.25, 0.3) is 10.9 Å². The monoisotopic (exact) mass is 317 g/mol. The van der Waals surface area contributed by atoms with E-state index in [2.05, 4.69) is 10.3 Å². The van der Waals surface area contributed by atoms with Gasteiger partial charge in [0.2, 0.25) is 5.91 Å². The van der Waals surface area contributed by atoms with Crippen LogP contribution < -0.4 is 11.1 Å². The Kier molecular flexibility index (Phi) is 5.39. The van der Waals surface area contributed by atoms with E-state index in [0.29, 0.717) is 12.8 Å². The molecule has 0 aliphatic carbocycles. The van der Waals surface area contributed by atoms with E-state index >= 15 is 0 Å². The maximum Gasteiger partial charge on any atom is 0.326 e. The molecule has 0 aliphatic rings. The molecule has 5 N–H and O–H groups in total. The first-order valence-electron chi connectivity index (χ1n) is 7.77. The fourth-order valence-electron chi connectivity index (χ4n) is 2.57. The molecule has 6 heteroatoms. The summed E-state index contributed by atoms with van der Waals surface area (Å²) < 4.78 is 0. The number of aliphatic carboxylic acids is 1. The number of carboxylic acid groups (broad SMARTS) is 1. The van der Waals surface area contributed by atoms with Crippen molar-refractivity contribution in [3.63, 3.8) is 0 Å². The quantitative estimate of drug-likeness (QED) is 0.622. The minimum atomic E-state index is -1.04. The van der Waals surface area contributed by atoms with Gasteiger partial charge in [0.05, 0.1) is 6.04 Å². The molecule has 2 aromatic rings. The summed E-state index contributed by atoms with van der Waals surface area (Å²) in [7, 11) is 0. The molecule has 0 radical (unpaired) electrons. The van der Waals surface area contributed by atoms with Crippen LogP contribution in [0.4, 0.5) is 0 Å². The third-order valence-electron chi connectivity index (χ3n) is 4.23. The van der Waals surface area contributed by atoms with Gasteiger partial charge < -0.3 is 21.1 Å². The van der Waals surface area contributed by atoms with E-state index in [9.17, 15) is 14.7 Å². The lowest BCUT2D eigenvalue weighted by molar-refractivity contribution is -0.143. The summed E-state index contributed by atoms with van der Waals surface area (Å²) in [6.07, 6.45) is 2.85. The van der Waals surface area contributed by atoms with Crippen LogP contribution in [0.2, 0.25) is 0 Å². The van der Waals surface area contributed by atoms with Crippen molar-refractivity contribution >= 4 is 22.8 Å². The van der Waals surface area contributed by atoms with Gasteiger partial charge in [-0.15, -0.1) is 0 Å². The highest BCUT2D eigenvalue weighted by molar-refractivity contribution is 5.88. The van der Waals surface area contributed by atoms with Crippen LogP contribution in [-0.4, -0.2) is 34.1 Å². The highest BCUT2D eigenvalue weighted by Gasteiger charge is 2.27. The molecule has 124 valence electrons. The Morgan fingerprint density at radius 2 is 2.04 bits per heavy atom. The van der Waals surface area contributed by atoms with Gasteiger partial charge in [0.25, 0.3) is 0 Å². The Morgan fingerprint density at radius 1 is 1.35 bits per heavy atom. The summed E-state index contributed by atoms with van der Waals surface area (Å²) in [6.45, 7) is 3.68. The molecule has 0 fully saturated rings. The number of carboxylic acids is 1. The second kappa shape index (κ2) is 7.28. The second-order valence-electron chi connectivity index (χ2n) is 5.88. The number of aromatic amines is 1. The van der Waals surface area contributed by atoms with Crippen molar-refractivity contribution in [1.82, 2.24) is 10.3 Å². The van der Waals surface area contributed by atoms with Crippen molar-refractivity contribution in [3.8, 4) is 0 Å². The summed E-state index contributed by atoms with van der Waals surface area (Å²) in [5.74, 6) is -1.63. The molecular formula is C17H23N3O3. The highest BCUT2D eigenvalue weighted by Crippen LogP contribution is 2.19. The topological polar surface area (TPSA) is 108 Å². The first kappa shape index (κ1) is 17.0. The predicted octanol–water partition coefficient (Wildman–Crippen LogP) is 1.65. The predicted molar refractivity (Wildman–Crippen MR) is 89.0 cm³/mol. The fourth-order valence-corrected chi connectivity index (χ4v) is 2.57. The van der Waals surface area contributed by atoms with E-state index in [0.717, 1.165) is 16.5 Å². The van der Waals surface area contributed by atoms with Crippen molar-refractivity contribution in [1.29, 1.82) is 0 Å². The standard InChI is InChI=1S/C17H23N3O3/c1-3-10(2)15(17(22)23)20-16(21)13(18)8-11-9-19-14-7-5-4-6-12(11)14/h4-7,9-10,13,15,19H,3,8,18H2,1-2H3,(H,20,21)(H,22,23)/t10-,13-,15-/m0/s1. The largest absolute Gasteiger partial charge is 0.480 e. The lowest BCUT2D eigenvalue weighted by Crippen LogP contribution is -2.51. The number of benzene rings is 1. The molecule has 1 amide bonds. The zero-order chi connectivity index (χ0) is 17.0. The lowest BCUT2D eigenvalue weighted by Gasteiger charge is -2.22. The zero-order valence-corrected chi connectivity index (χ0v) is 13.4. The number of aromatic nitrogens is 1. The summed E-state index contributed by atoms with van der Waals surface area (Å²) in [4.78, 5) is 26.7. The fraction of sp³-hybridized carbons (Fsp3) is 0.412. The Balaban J connectivity index is 2.06. The van der Waals surface area contributed by atoms with Crippen LogP contribution in [0.5, 0.6) is 0 Å². The number of nitrogens with two attached hydrogens (primary N) is 1. The number of rotatable bonds is 7. The van der Waals surface area contributed by atoms with Gasteiger partial charge in [-0.1, -0.05) is 38.5 Å². The average molecular weight is 317 g/mol. The van der Waals surface area contributed by atoms with Crippen LogP contribution in [0.3, 0.4) is 0 Å². The van der Waals surface area contributed by atoms with Crippen molar-refractivity contribution in [2.75, 3.05) is 0 Å². The van der Waals surface area contributed by atoms with Crippen LogP contribution in [0, 0.1) is 5.92 Å². The molecule has 1 aromatic heterocycles. The first-order valence-corrected chi connectivity index (χ1v) is 7.77. The van der Waals surface area contributed by atoms with Gasteiger partial charge in [0.1, 0.15) is 6.04 Å². The van der Waals surface area contributed by atoms with E-state index in [1.54, 1.807) is 6.92 Å². The molecule has 0 saturated carbocycles. The van der Waals surface area contributed by atoms with E-state index < -0.39 is 24.0 Å². The van der Waals surface area contributed by atoms with E-state index in [4.69, 9.17) is 5.73 Å². The van der Waals surface area contributed by atoms with Gasteiger partial charge in [0, 0.05) is 17.1 Å². The summed E-state index contributed by atoms with van der Waals surface area (Å²) in [6, 6.07) is 6.06. The number of carbonyl (C=O) groups excluding carboxylic acids is 1. The van der Waals surface area contributed by atoms with Crippen molar-refractivity contribution in [2.45, 2.75) is 38.8 Å². The molecule has 23 heavy (non-hydrogen) atoms.